The molecule has 2 heterocycles. The van der Waals surface area contributed by atoms with Gasteiger partial charge in [0.15, 0.2) is 0 Å². The Morgan fingerprint density at radius 2 is 2.24 bits per heavy atom. The summed E-state index contributed by atoms with van der Waals surface area (Å²) < 4.78 is 1.08. The Balaban J connectivity index is 1.81. The summed E-state index contributed by atoms with van der Waals surface area (Å²) in [7, 11) is 0. The second kappa shape index (κ2) is 6.51. The second-order valence-corrected chi connectivity index (χ2v) is 7.12. The summed E-state index contributed by atoms with van der Waals surface area (Å²) in [4.78, 5) is 9.88. The van der Waals surface area contributed by atoms with Gasteiger partial charge in [-0.2, -0.15) is 0 Å². The number of nitrogens with one attached hydrogen (secondary N) is 1. The topological polar surface area (TPSA) is 58.0 Å². The Hall–Kier alpha value is -1.50. The number of aromatic nitrogens is 2. The maximum atomic E-state index is 9.21. The van der Waals surface area contributed by atoms with E-state index in [0.717, 1.165) is 38.5 Å². The van der Waals surface area contributed by atoms with Crippen molar-refractivity contribution < 1.29 is 5.11 Å². The van der Waals surface area contributed by atoms with Crippen LogP contribution in [0.1, 0.15) is 12.8 Å². The Morgan fingerprint density at radius 3 is 3.00 bits per heavy atom. The summed E-state index contributed by atoms with van der Waals surface area (Å²) in [6.07, 6.45) is 7.63. The van der Waals surface area contributed by atoms with E-state index in [0.29, 0.717) is 5.95 Å². The molecule has 0 fully saturated rings. The molecule has 0 saturated carbocycles. The zero-order chi connectivity index (χ0) is 14.7. The molecule has 1 aliphatic rings. The minimum atomic E-state index is 0.100. The summed E-state index contributed by atoms with van der Waals surface area (Å²) in [6, 6.07) is 5.94. The Morgan fingerprint density at radius 1 is 1.33 bits per heavy atom. The Labute approximate surface area is 135 Å². The van der Waals surface area contributed by atoms with Gasteiger partial charge in [-0.05, 0) is 58.6 Å². The van der Waals surface area contributed by atoms with Gasteiger partial charge in [-0.3, -0.25) is 0 Å². The van der Waals surface area contributed by atoms with Crippen LogP contribution in [0.3, 0.4) is 0 Å². The van der Waals surface area contributed by atoms with Crippen molar-refractivity contribution in [2.24, 2.45) is 0 Å². The third kappa shape index (κ3) is 3.58. The molecule has 1 aliphatic carbocycles. The second-order valence-electron chi connectivity index (χ2n) is 4.65. The molecule has 0 aromatic carbocycles. The van der Waals surface area contributed by atoms with Crippen LogP contribution < -0.4 is 5.32 Å². The number of halogens is 1. The van der Waals surface area contributed by atoms with Gasteiger partial charge in [0.05, 0.1) is 21.0 Å². The third-order valence-electron chi connectivity index (χ3n) is 3.13. The lowest BCUT2D eigenvalue weighted by Gasteiger charge is -2.13. The standard InChI is InChI=1S/C15H14BrN3OS/c16-14-5-4-13(21-14)12-6-7-17-15(19-12)18-11-3-1-2-10(8-11)9-20/h3-8,20H,1-2,9H2,(H,17,18,19). The van der Waals surface area contributed by atoms with E-state index in [1.807, 2.05) is 24.3 Å². The quantitative estimate of drug-likeness (QED) is 0.862. The van der Waals surface area contributed by atoms with Gasteiger partial charge < -0.3 is 10.4 Å². The molecule has 0 amide bonds. The van der Waals surface area contributed by atoms with E-state index in [9.17, 15) is 5.11 Å². The molecule has 4 nitrogen and oxygen atoms in total. The molecular formula is C15H14BrN3OS. The van der Waals surface area contributed by atoms with Gasteiger partial charge in [-0.25, -0.2) is 9.97 Å². The highest BCUT2D eigenvalue weighted by molar-refractivity contribution is 9.11. The summed E-state index contributed by atoms with van der Waals surface area (Å²) in [6.45, 7) is 0.100. The van der Waals surface area contributed by atoms with E-state index in [2.05, 4.69) is 37.3 Å². The van der Waals surface area contributed by atoms with Gasteiger partial charge >= 0.3 is 0 Å². The van der Waals surface area contributed by atoms with Crippen LogP contribution in [0.4, 0.5) is 5.95 Å². The minimum Gasteiger partial charge on any atom is -0.392 e. The van der Waals surface area contributed by atoms with Crippen LogP contribution in [-0.4, -0.2) is 21.7 Å². The molecule has 0 radical (unpaired) electrons. The summed E-state index contributed by atoms with van der Waals surface area (Å²) in [5, 5.41) is 12.4. The van der Waals surface area contributed by atoms with Crippen molar-refractivity contribution in [3.8, 4) is 10.6 Å². The van der Waals surface area contributed by atoms with Crippen molar-refractivity contribution in [1.82, 2.24) is 9.97 Å². The van der Waals surface area contributed by atoms with Gasteiger partial charge in [0.2, 0.25) is 5.95 Å². The van der Waals surface area contributed by atoms with Crippen molar-refractivity contribution in [3.63, 3.8) is 0 Å². The van der Waals surface area contributed by atoms with Crippen molar-refractivity contribution in [1.29, 1.82) is 0 Å². The average molecular weight is 364 g/mol. The van der Waals surface area contributed by atoms with Crippen molar-refractivity contribution in [2.45, 2.75) is 12.8 Å². The molecule has 108 valence electrons. The lowest BCUT2D eigenvalue weighted by Crippen LogP contribution is -2.06. The highest BCUT2D eigenvalue weighted by atomic mass is 79.9. The first kappa shape index (κ1) is 14.4. The van der Waals surface area contributed by atoms with E-state index in [1.165, 1.54) is 0 Å². The lowest BCUT2D eigenvalue weighted by atomic mass is 10.0. The van der Waals surface area contributed by atoms with Crippen LogP contribution in [0.2, 0.25) is 0 Å². The highest BCUT2D eigenvalue weighted by Crippen LogP contribution is 2.30. The number of thiophene rings is 1. The molecule has 6 heteroatoms. The molecule has 0 atom stereocenters. The smallest absolute Gasteiger partial charge is 0.227 e. The Kier molecular flexibility index (Phi) is 4.48. The first-order valence-corrected chi connectivity index (χ1v) is 8.22. The maximum Gasteiger partial charge on any atom is 0.227 e. The molecular weight excluding hydrogens is 350 g/mol. The number of allylic oxidation sites excluding steroid dienone is 2. The van der Waals surface area contributed by atoms with E-state index in [-0.39, 0.29) is 6.61 Å². The fourth-order valence-corrected chi connectivity index (χ4v) is 3.47. The monoisotopic (exact) mass is 363 g/mol. The maximum absolute atomic E-state index is 9.21. The molecule has 0 unspecified atom stereocenters. The normalized spacial score (nSPS) is 14.6. The molecule has 21 heavy (non-hydrogen) atoms. The van der Waals surface area contributed by atoms with Crippen LogP contribution in [0.15, 0.2) is 51.6 Å². The fourth-order valence-electron chi connectivity index (χ4n) is 2.11. The Bertz CT molecular complexity index is 708. The summed E-state index contributed by atoms with van der Waals surface area (Å²) >= 11 is 5.10. The largest absolute Gasteiger partial charge is 0.392 e. The number of hydrogen-bond donors (Lipinski definition) is 2. The van der Waals surface area contributed by atoms with E-state index in [1.54, 1.807) is 17.5 Å². The van der Waals surface area contributed by atoms with Gasteiger partial charge in [0.25, 0.3) is 0 Å². The van der Waals surface area contributed by atoms with Gasteiger partial charge in [0.1, 0.15) is 0 Å². The molecule has 0 aliphatic heterocycles. The molecule has 0 saturated heterocycles. The molecule has 3 rings (SSSR count). The molecule has 0 bridgehead atoms. The fraction of sp³-hybridized carbons (Fsp3) is 0.200. The summed E-state index contributed by atoms with van der Waals surface area (Å²) in [5.74, 6) is 0.568. The van der Waals surface area contributed by atoms with Crippen molar-refractivity contribution in [2.75, 3.05) is 11.9 Å². The van der Waals surface area contributed by atoms with Crippen LogP contribution in [0.25, 0.3) is 10.6 Å². The van der Waals surface area contributed by atoms with Gasteiger partial charge in [0, 0.05) is 11.9 Å². The predicted molar refractivity (Wildman–Crippen MR) is 89.2 cm³/mol. The summed E-state index contributed by atoms with van der Waals surface area (Å²) in [5.41, 5.74) is 2.86. The number of nitrogens with zero attached hydrogens (tertiary/aromatic N) is 2. The zero-order valence-corrected chi connectivity index (χ0v) is 13.6. The van der Waals surface area contributed by atoms with Gasteiger partial charge in [-0.1, -0.05) is 6.08 Å². The number of hydrogen-bond acceptors (Lipinski definition) is 5. The number of aliphatic hydroxyl groups is 1. The van der Waals surface area contributed by atoms with Crippen molar-refractivity contribution >= 4 is 33.2 Å². The van der Waals surface area contributed by atoms with E-state index >= 15 is 0 Å². The first-order chi connectivity index (χ1) is 10.2. The zero-order valence-electron chi connectivity index (χ0n) is 11.2. The number of anilines is 1. The van der Waals surface area contributed by atoms with Crippen LogP contribution in [0, 0.1) is 0 Å². The highest BCUT2D eigenvalue weighted by Gasteiger charge is 2.08. The van der Waals surface area contributed by atoms with Crippen LogP contribution >= 0.6 is 27.3 Å². The lowest BCUT2D eigenvalue weighted by molar-refractivity contribution is 0.326. The van der Waals surface area contributed by atoms with Crippen LogP contribution in [-0.2, 0) is 0 Å². The van der Waals surface area contributed by atoms with E-state index < -0.39 is 0 Å². The third-order valence-corrected chi connectivity index (χ3v) is 4.78. The molecule has 2 aromatic heterocycles. The van der Waals surface area contributed by atoms with Crippen molar-refractivity contribution in [3.05, 3.63) is 51.6 Å². The molecule has 0 spiro atoms. The SMILES string of the molecule is OCC1=CC(Nc2nccc(-c3ccc(Br)s3)n2)=CCC1. The molecule has 2 aromatic rings. The average Bonchev–Trinajstić information content (AvgIpc) is 2.94. The molecule has 2 N–H and O–H groups in total. The number of aliphatic hydroxyl groups excluding tert-OH is 1. The number of rotatable bonds is 4. The predicted octanol–water partition coefficient (Wildman–Crippen LogP) is 3.98. The van der Waals surface area contributed by atoms with Gasteiger partial charge in [-0.15, -0.1) is 11.3 Å². The minimum absolute atomic E-state index is 0.100. The van der Waals surface area contributed by atoms with Crippen LogP contribution in [0.5, 0.6) is 0 Å². The first-order valence-electron chi connectivity index (χ1n) is 6.61. The van der Waals surface area contributed by atoms with E-state index in [4.69, 9.17) is 0 Å².